The van der Waals surface area contributed by atoms with Crippen molar-refractivity contribution in [1.29, 1.82) is 0 Å². The third-order valence-corrected chi connectivity index (χ3v) is 20.5. The maximum atomic E-state index is 12.5. The smallest absolute Gasteiger partial charge is 0.255 e. The Hall–Kier alpha value is -6.15. The standard InChI is InChI=1S/C19H24ClNOS.C19H25NOS.2C17H21NOS.2H2/c1-6-21(7-2)18(22)14-9-8-13(12-15(14)20)16-10-11-17(23-16)19(3,4)5;1-6-20(7-2)18(21)15-10-8-14(9-11-15)16-12-13-17(22-16)19(3,4)5;2*1-5-18-16(19)13-8-6-12(7-9-13)14-10-11-15(20-14)17(2,3)4;;/h8-12H,6-7H2,1-5H3;8-13H,6-7H2,1-5H3;2*6-11H,5H2,1-4H3,(H,18,19);2*1H. The minimum absolute atomic E-state index is 0. The predicted octanol–water partition coefficient (Wildman–Crippen LogP) is 20.5. The summed E-state index contributed by atoms with van der Waals surface area (Å²) in [4.78, 5) is 62.2. The van der Waals surface area contributed by atoms with Crippen LogP contribution in [0.2, 0.25) is 5.02 Å². The van der Waals surface area contributed by atoms with E-state index in [9.17, 15) is 19.2 Å². The van der Waals surface area contributed by atoms with Gasteiger partial charge in [-0.3, -0.25) is 19.2 Å². The van der Waals surface area contributed by atoms with Crippen LogP contribution in [0.5, 0.6) is 0 Å². The van der Waals surface area contributed by atoms with Crippen LogP contribution >= 0.6 is 56.9 Å². The lowest BCUT2D eigenvalue weighted by molar-refractivity contribution is 0.0765. The first-order valence-electron chi connectivity index (χ1n) is 29.6. The molecule has 0 fully saturated rings. The van der Waals surface area contributed by atoms with Crippen molar-refractivity contribution in [1.82, 2.24) is 20.4 Å². The summed E-state index contributed by atoms with van der Waals surface area (Å²) in [5.41, 5.74) is 8.03. The summed E-state index contributed by atoms with van der Waals surface area (Å²) >= 11 is 13.6. The highest BCUT2D eigenvalue weighted by atomic mass is 35.5. The zero-order chi connectivity index (χ0) is 63.0. The normalized spacial score (nSPS) is 11.5. The lowest BCUT2D eigenvalue weighted by Gasteiger charge is -2.19. The Morgan fingerprint density at radius 3 is 0.906 bits per heavy atom. The first-order valence-corrected chi connectivity index (χ1v) is 33.3. The fourth-order valence-corrected chi connectivity index (χ4v) is 13.2. The second kappa shape index (κ2) is 31.0. The molecule has 4 heterocycles. The molecule has 4 amide bonds. The number of nitrogens with zero attached hydrogens (tertiary/aromatic N) is 2. The zero-order valence-electron chi connectivity index (χ0n) is 53.6. The number of thiophene rings is 4. The Labute approximate surface area is 533 Å². The molecule has 8 nitrogen and oxygen atoms in total. The molecule has 8 aromatic rings. The van der Waals surface area contributed by atoms with Crippen LogP contribution in [0.25, 0.3) is 41.8 Å². The van der Waals surface area contributed by atoms with Gasteiger partial charge in [-0.2, -0.15) is 0 Å². The summed E-state index contributed by atoms with van der Waals surface area (Å²) < 4.78 is 0. The number of rotatable bonds is 14. The van der Waals surface area contributed by atoms with Crippen molar-refractivity contribution < 1.29 is 22.0 Å². The van der Waals surface area contributed by atoms with E-state index in [1.165, 1.54) is 55.7 Å². The zero-order valence-corrected chi connectivity index (χ0v) is 57.6. The van der Waals surface area contributed by atoms with Crippen LogP contribution in [0, 0.1) is 0 Å². The number of benzene rings is 4. The Balaban J connectivity index is 0.000000302. The van der Waals surface area contributed by atoms with Gasteiger partial charge < -0.3 is 20.4 Å². The highest BCUT2D eigenvalue weighted by molar-refractivity contribution is 7.16. The number of carbonyl (C=O) groups is 4. The average Bonchev–Trinajstić information content (AvgIpc) is 2.51. The van der Waals surface area contributed by atoms with Crippen LogP contribution in [-0.2, 0) is 21.7 Å². The number of amides is 4. The van der Waals surface area contributed by atoms with Crippen molar-refractivity contribution >= 4 is 80.6 Å². The van der Waals surface area contributed by atoms with Crippen molar-refractivity contribution in [2.75, 3.05) is 39.3 Å². The molecule has 0 saturated heterocycles. The van der Waals surface area contributed by atoms with Gasteiger partial charge in [0.1, 0.15) is 0 Å². The fourth-order valence-electron chi connectivity index (χ4n) is 8.67. The first-order chi connectivity index (χ1) is 40.0. The monoisotopic (exact) mass is 1240 g/mol. The molecule has 0 spiro atoms. The molecular formula is C72H95ClN4O4S4. The summed E-state index contributed by atoms with van der Waals surface area (Å²) in [6.45, 7) is 42.7. The maximum Gasteiger partial charge on any atom is 0.255 e. The SMILES string of the molecule is CCN(CC)C(=O)c1ccc(-c2ccc(C(C)(C)C)s2)cc1.CCN(CC)C(=O)c1ccc(-c2ccc(C(C)(C)C)s2)cc1Cl.CCNC(=O)c1ccc(-c2ccc(C(C)(C)C)s2)cc1.CCNC(=O)c1ccc(-c2ccc(C(C)(C)C)s2)cc1.[HH].[HH]. The molecular weight excluding hydrogens is 1150 g/mol. The molecule has 0 aliphatic carbocycles. The van der Waals surface area contributed by atoms with Gasteiger partial charge in [0.15, 0.2) is 0 Å². The van der Waals surface area contributed by atoms with E-state index < -0.39 is 0 Å². The number of hydrogen-bond donors (Lipinski definition) is 2. The Morgan fingerprint density at radius 2 is 0.647 bits per heavy atom. The summed E-state index contributed by atoms with van der Waals surface area (Å²) in [6, 6.07) is 46.7. The van der Waals surface area contributed by atoms with E-state index in [4.69, 9.17) is 11.6 Å². The van der Waals surface area contributed by atoms with Crippen LogP contribution in [0.1, 0.15) is 188 Å². The quantitative estimate of drug-likeness (QED) is 0.113. The molecule has 0 atom stereocenters. The van der Waals surface area contributed by atoms with Crippen LogP contribution < -0.4 is 10.6 Å². The van der Waals surface area contributed by atoms with Crippen molar-refractivity contribution in [3.8, 4) is 41.8 Å². The van der Waals surface area contributed by atoms with E-state index in [1.807, 2.05) is 159 Å². The van der Waals surface area contributed by atoms with Gasteiger partial charge in [-0.15, -0.1) is 45.3 Å². The lowest BCUT2D eigenvalue weighted by Crippen LogP contribution is -2.30. The molecule has 458 valence electrons. The molecule has 4 aromatic heterocycles. The number of carbonyl (C=O) groups excluding carboxylic acids is 4. The predicted molar refractivity (Wildman–Crippen MR) is 374 cm³/mol. The topological polar surface area (TPSA) is 98.8 Å². The second-order valence-electron chi connectivity index (χ2n) is 24.8. The second-order valence-corrected chi connectivity index (χ2v) is 29.5. The average molecular weight is 1240 g/mol. The van der Waals surface area contributed by atoms with Crippen LogP contribution in [-0.4, -0.2) is 72.7 Å². The molecule has 4 aromatic carbocycles. The molecule has 0 radical (unpaired) electrons. The first kappa shape index (κ1) is 69.6. The molecule has 13 heteroatoms. The van der Waals surface area contributed by atoms with Gasteiger partial charge in [0.2, 0.25) is 0 Å². The third-order valence-electron chi connectivity index (χ3n) is 13.9. The molecule has 0 aliphatic rings. The van der Waals surface area contributed by atoms with E-state index in [-0.39, 0.29) is 48.1 Å². The molecule has 8 rings (SSSR count). The Bertz CT molecular complexity index is 3330. The lowest BCUT2D eigenvalue weighted by atomic mass is 9.95. The van der Waals surface area contributed by atoms with Gasteiger partial charge >= 0.3 is 0 Å². The van der Waals surface area contributed by atoms with Crippen molar-refractivity contribution in [2.45, 2.75) is 146 Å². The number of nitrogens with one attached hydrogen (secondary N) is 2. The highest BCUT2D eigenvalue weighted by Crippen LogP contribution is 2.39. The van der Waals surface area contributed by atoms with Crippen molar-refractivity contribution in [3.05, 3.63) is 186 Å². The van der Waals surface area contributed by atoms with Gasteiger partial charge in [-0.1, -0.05) is 137 Å². The molecule has 2 N–H and O–H groups in total. The largest absolute Gasteiger partial charge is 0.352 e. The Morgan fingerprint density at radius 1 is 0.376 bits per heavy atom. The van der Waals surface area contributed by atoms with Gasteiger partial charge in [0, 0.05) is 97.8 Å². The van der Waals surface area contributed by atoms with Crippen LogP contribution in [0.15, 0.2) is 140 Å². The third kappa shape index (κ3) is 19.7. The van der Waals surface area contributed by atoms with E-state index >= 15 is 0 Å². The molecule has 0 saturated carbocycles. The van der Waals surface area contributed by atoms with E-state index in [0.29, 0.717) is 47.9 Å². The van der Waals surface area contributed by atoms with Gasteiger partial charge in [0.05, 0.1) is 10.6 Å². The minimum atomic E-state index is -0.0133. The minimum Gasteiger partial charge on any atom is -0.352 e. The summed E-state index contributed by atoms with van der Waals surface area (Å²) in [6.07, 6.45) is 0. The van der Waals surface area contributed by atoms with Gasteiger partial charge in [0.25, 0.3) is 23.6 Å². The van der Waals surface area contributed by atoms with Gasteiger partial charge in [-0.05, 0) is 183 Å². The van der Waals surface area contributed by atoms with Crippen LogP contribution in [0.3, 0.4) is 0 Å². The maximum absolute atomic E-state index is 12.5. The van der Waals surface area contributed by atoms with E-state index in [2.05, 4.69) is 154 Å². The molecule has 85 heavy (non-hydrogen) atoms. The van der Waals surface area contributed by atoms with Crippen molar-refractivity contribution in [3.63, 3.8) is 0 Å². The molecule has 0 aliphatic heterocycles. The van der Waals surface area contributed by atoms with Crippen molar-refractivity contribution in [2.24, 2.45) is 0 Å². The van der Waals surface area contributed by atoms with Gasteiger partial charge in [-0.25, -0.2) is 0 Å². The van der Waals surface area contributed by atoms with Crippen LogP contribution in [0.4, 0.5) is 0 Å². The Kier molecular flexibility index (Phi) is 25.4. The summed E-state index contributed by atoms with van der Waals surface area (Å²) in [7, 11) is 0. The summed E-state index contributed by atoms with van der Waals surface area (Å²) in [5, 5.41) is 6.14. The fraction of sp³-hybridized carbons (Fsp3) is 0.389. The number of halogens is 1. The summed E-state index contributed by atoms with van der Waals surface area (Å²) in [5.74, 6) is 0.0763. The molecule has 0 bridgehead atoms. The van der Waals surface area contributed by atoms with E-state index in [0.717, 1.165) is 24.2 Å². The number of hydrogen-bond acceptors (Lipinski definition) is 8. The molecule has 0 unspecified atom stereocenters. The highest BCUT2D eigenvalue weighted by Gasteiger charge is 2.22. The van der Waals surface area contributed by atoms with E-state index in [1.54, 1.807) is 16.2 Å².